The fourth-order valence-corrected chi connectivity index (χ4v) is 4.37. The van der Waals surface area contributed by atoms with E-state index in [0.717, 1.165) is 4.47 Å². The Hall–Kier alpha value is -3.06. The van der Waals surface area contributed by atoms with E-state index < -0.39 is 12.6 Å². The second-order valence-corrected chi connectivity index (χ2v) is 8.64. The number of carbonyl (C=O) groups excluding carboxylic acids is 4. The van der Waals surface area contributed by atoms with Crippen molar-refractivity contribution in [2.45, 2.75) is 13.3 Å². The summed E-state index contributed by atoms with van der Waals surface area (Å²) in [7, 11) is 0. The van der Waals surface area contributed by atoms with E-state index in [0.29, 0.717) is 17.7 Å². The van der Waals surface area contributed by atoms with E-state index in [2.05, 4.69) is 15.9 Å². The maximum atomic E-state index is 12.9. The molecule has 4 rings (SSSR count). The van der Waals surface area contributed by atoms with Gasteiger partial charge in [-0.15, -0.1) is 0 Å². The summed E-state index contributed by atoms with van der Waals surface area (Å²) in [5.74, 6) is -2.28. The summed E-state index contributed by atoms with van der Waals surface area (Å²) in [6, 6.07) is 12.9. The molecule has 1 saturated heterocycles. The van der Waals surface area contributed by atoms with Crippen LogP contribution in [0.5, 0.6) is 0 Å². The number of hydrogen-bond donors (Lipinski definition) is 0. The van der Waals surface area contributed by atoms with Gasteiger partial charge < -0.3 is 4.74 Å². The molecule has 0 radical (unpaired) electrons. The number of anilines is 1. The van der Waals surface area contributed by atoms with Crippen molar-refractivity contribution in [3.63, 3.8) is 0 Å². The van der Waals surface area contributed by atoms with Crippen molar-refractivity contribution in [2.24, 2.45) is 17.8 Å². The SMILES string of the molecule is C[C@H]1C=CC[C@H]2C(=O)N(c3cccc(C(=O)OCC(=O)c4ccc(Br)cc4)c3)C(=O)[C@H]12. The smallest absolute Gasteiger partial charge is 0.338 e. The van der Waals surface area contributed by atoms with Crippen LogP contribution in [0.25, 0.3) is 0 Å². The van der Waals surface area contributed by atoms with Crippen LogP contribution in [0, 0.1) is 17.8 Å². The van der Waals surface area contributed by atoms with Gasteiger partial charge in [0.05, 0.1) is 23.1 Å². The number of Topliss-reactive ketones (excluding diaryl/α,β-unsaturated/α-hetero) is 1. The van der Waals surface area contributed by atoms with Gasteiger partial charge in [0, 0.05) is 10.0 Å². The molecule has 0 unspecified atom stereocenters. The minimum Gasteiger partial charge on any atom is -0.454 e. The number of amides is 2. The van der Waals surface area contributed by atoms with Crippen molar-refractivity contribution in [1.82, 2.24) is 0 Å². The van der Waals surface area contributed by atoms with Crippen molar-refractivity contribution < 1.29 is 23.9 Å². The third kappa shape index (κ3) is 4.10. The first-order chi connectivity index (χ1) is 14.9. The topological polar surface area (TPSA) is 80.8 Å². The third-order valence-electron chi connectivity index (χ3n) is 5.71. The average Bonchev–Trinajstić information content (AvgIpc) is 3.03. The number of allylic oxidation sites excluding steroid dienone is 2. The molecule has 1 fully saturated rings. The molecule has 31 heavy (non-hydrogen) atoms. The van der Waals surface area contributed by atoms with E-state index in [4.69, 9.17) is 4.74 Å². The van der Waals surface area contributed by atoms with Crippen molar-refractivity contribution in [3.8, 4) is 0 Å². The molecular weight excluding hydrogens is 462 g/mol. The van der Waals surface area contributed by atoms with Gasteiger partial charge in [-0.05, 0) is 42.7 Å². The number of halogens is 1. The highest BCUT2D eigenvalue weighted by atomic mass is 79.9. The minimum atomic E-state index is -0.696. The molecule has 3 atom stereocenters. The molecule has 2 aliphatic rings. The highest BCUT2D eigenvalue weighted by Crippen LogP contribution is 2.40. The molecule has 0 aromatic heterocycles. The lowest BCUT2D eigenvalue weighted by molar-refractivity contribution is -0.122. The lowest BCUT2D eigenvalue weighted by Gasteiger charge is -2.22. The number of imide groups is 1. The molecule has 6 nitrogen and oxygen atoms in total. The standard InChI is InChI=1S/C24H20BrNO5/c1-14-4-2-7-19-21(14)23(29)26(22(19)28)18-6-3-5-16(12-18)24(30)31-13-20(27)15-8-10-17(25)11-9-15/h2-6,8-12,14,19,21H,7,13H2,1H3/t14-,19+,21+/m0/s1. The maximum Gasteiger partial charge on any atom is 0.338 e. The summed E-state index contributed by atoms with van der Waals surface area (Å²) in [5.41, 5.74) is 0.941. The number of fused-ring (bicyclic) bond motifs is 1. The number of rotatable bonds is 5. The Morgan fingerprint density at radius 1 is 1.06 bits per heavy atom. The van der Waals surface area contributed by atoms with Gasteiger partial charge in [-0.3, -0.25) is 19.3 Å². The quantitative estimate of drug-likeness (QED) is 0.276. The van der Waals surface area contributed by atoms with E-state index >= 15 is 0 Å². The fourth-order valence-electron chi connectivity index (χ4n) is 4.11. The minimum absolute atomic E-state index is 0.0158. The number of nitrogens with zero attached hydrogens (tertiary/aromatic N) is 1. The average molecular weight is 482 g/mol. The molecule has 7 heteroatoms. The third-order valence-corrected chi connectivity index (χ3v) is 6.24. The van der Waals surface area contributed by atoms with E-state index in [1.165, 1.54) is 17.0 Å². The molecule has 1 aliphatic heterocycles. The first-order valence-electron chi connectivity index (χ1n) is 9.97. The van der Waals surface area contributed by atoms with Crippen LogP contribution in [-0.4, -0.2) is 30.2 Å². The monoisotopic (exact) mass is 481 g/mol. The van der Waals surface area contributed by atoms with Crippen molar-refractivity contribution >= 4 is 45.2 Å². The molecule has 0 saturated carbocycles. The van der Waals surface area contributed by atoms with Crippen LogP contribution in [0.3, 0.4) is 0 Å². The number of benzene rings is 2. The number of ketones is 1. The summed E-state index contributed by atoms with van der Waals surface area (Å²) in [5, 5.41) is 0. The second-order valence-electron chi connectivity index (χ2n) is 7.72. The van der Waals surface area contributed by atoms with Crippen molar-refractivity contribution in [1.29, 1.82) is 0 Å². The zero-order valence-electron chi connectivity index (χ0n) is 16.8. The number of carbonyl (C=O) groups is 4. The molecule has 0 N–H and O–H groups in total. The van der Waals surface area contributed by atoms with Crippen LogP contribution < -0.4 is 4.90 Å². The molecule has 2 aromatic rings. The summed E-state index contributed by atoms with van der Waals surface area (Å²) >= 11 is 3.30. The number of ether oxygens (including phenoxy) is 1. The zero-order chi connectivity index (χ0) is 22.1. The molecule has 0 spiro atoms. The normalized spacial score (nSPS) is 22.4. The number of hydrogen-bond acceptors (Lipinski definition) is 5. The van der Waals surface area contributed by atoms with Gasteiger partial charge in [-0.1, -0.05) is 53.2 Å². The van der Waals surface area contributed by atoms with Gasteiger partial charge in [-0.25, -0.2) is 4.79 Å². The van der Waals surface area contributed by atoms with Crippen LogP contribution >= 0.6 is 15.9 Å². The highest BCUT2D eigenvalue weighted by Gasteiger charge is 2.50. The van der Waals surface area contributed by atoms with E-state index in [9.17, 15) is 19.2 Å². The van der Waals surface area contributed by atoms with Crippen molar-refractivity contribution in [3.05, 3.63) is 76.3 Å². The molecule has 2 aromatic carbocycles. The summed E-state index contributed by atoms with van der Waals surface area (Å²) in [6.45, 7) is 1.53. The maximum absolute atomic E-state index is 12.9. The van der Waals surface area contributed by atoms with Crippen LogP contribution in [0.4, 0.5) is 5.69 Å². The summed E-state index contributed by atoms with van der Waals surface area (Å²) < 4.78 is 6.00. The predicted octanol–water partition coefficient (Wildman–Crippen LogP) is 4.19. The van der Waals surface area contributed by atoms with Crippen LogP contribution in [0.15, 0.2) is 65.2 Å². The first kappa shape index (κ1) is 21.2. The molecule has 158 valence electrons. The zero-order valence-corrected chi connectivity index (χ0v) is 18.4. The number of esters is 1. The van der Waals surface area contributed by atoms with Crippen molar-refractivity contribution in [2.75, 3.05) is 11.5 Å². The van der Waals surface area contributed by atoms with Gasteiger partial charge >= 0.3 is 5.97 Å². The molecule has 1 aliphatic carbocycles. The van der Waals surface area contributed by atoms with Gasteiger partial charge in [0.15, 0.2) is 12.4 Å². The van der Waals surface area contributed by atoms with Crippen LogP contribution in [-0.2, 0) is 14.3 Å². The Morgan fingerprint density at radius 2 is 1.81 bits per heavy atom. The Morgan fingerprint density at radius 3 is 2.52 bits per heavy atom. The predicted molar refractivity (Wildman–Crippen MR) is 118 cm³/mol. The van der Waals surface area contributed by atoms with E-state index in [1.807, 2.05) is 19.1 Å². The molecule has 1 heterocycles. The van der Waals surface area contributed by atoms with E-state index in [1.54, 1.807) is 36.4 Å². The van der Waals surface area contributed by atoms with Gasteiger partial charge in [0.1, 0.15) is 0 Å². The molecule has 2 amide bonds. The van der Waals surface area contributed by atoms with Gasteiger partial charge in [-0.2, -0.15) is 0 Å². The van der Waals surface area contributed by atoms with Gasteiger partial charge in [0.25, 0.3) is 0 Å². The molecular formula is C24H20BrNO5. The van der Waals surface area contributed by atoms with Gasteiger partial charge in [0.2, 0.25) is 11.8 Å². The Balaban J connectivity index is 1.47. The summed E-state index contributed by atoms with van der Waals surface area (Å²) in [6.07, 6.45) is 4.44. The Kier molecular flexibility index (Phi) is 5.87. The second kappa shape index (κ2) is 8.59. The summed E-state index contributed by atoms with van der Waals surface area (Å²) in [4.78, 5) is 51.7. The fraction of sp³-hybridized carbons (Fsp3) is 0.250. The van der Waals surface area contributed by atoms with Crippen LogP contribution in [0.2, 0.25) is 0 Å². The lowest BCUT2D eigenvalue weighted by atomic mass is 9.78. The largest absolute Gasteiger partial charge is 0.454 e. The Bertz CT molecular complexity index is 1090. The lowest BCUT2D eigenvalue weighted by Crippen LogP contribution is -2.31. The molecule has 0 bridgehead atoms. The van der Waals surface area contributed by atoms with E-state index in [-0.39, 0.29) is 40.9 Å². The first-order valence-corrected chi connectivity index (χ1v) is 10.8. The van der Waals surface area contributed by atoms with Crippen LogP contribution in [0.1, 0.15) is 34.1 Å². The Labute approximate surface area is 188 Å². The highest BCUT2D eigenvalue weighted by molar-refractivity contribution is 9.10.